The van der Waals surface area contributed by atoms with Crippen LogP contribution in [0.15, 0.2) is 188 Å². The van der Waals surface area contributed by atoms with Gasteiger partial charge in [0, 0.05) is 49.7 Å². The van der Waals surface area contributed by atoms with E-state index in [1.165, 1.54) is 87.8 Å². The van der Waals surface area contributed by atoms with Crippen LogP contribution in [0.4, 0.5) is 0 Å². The number of fused-ring (bicyclic) bond motifs is 18. The second kappa shape index (κ2) is 12.4. The molecule has 0 spiro atoms. The van der Waals surface area contributed by atoms with E-state index in [1.807, 2.05) is 0 Å². The second-order valence-electron chi connectivity index (χ2n) is 16.8. The third kappa shape index (κ3) is 4.54. The third-order valence-electron chi connectivity index (χ3n) is 13.7. The minimum absolute atomic E-state index is 0.317. The lowest BCUT2D eigenvalue weighted by atomic mass is 9.80. The van der Waals surface area contributed by atoms with Crippen LogP contribution >= 0.6 is 0 Å². The van der Waals surface area contributed by atoms with Crippen LogP contribution in [0.3, 0.4) is 0 Å². The van der Waals surface area contributed by atoms with Gasteiger partial charge in [-0.05, 0) is 106 Å². The van der Waals surface area contributed by atoms with E-state index in [1.54, 1.807) is 0 Å². The van der Waals surface area contributed by atoms with Crippen LogP contribution in [0.5, 0.6) is 0 Å². The minimum Gasteiger partial charge on any atom is -0.309 e. The lowest BCUT2D eigenvalue weighted by molar-refractivity contribution is 0.736. The summed E-state index contributed by atoms with van der Waals surface area (Å²) >= 11 is 0. The van der Waals surface area contributed by atoms with E-state index in [4.69, 9.17) is 9.97 Å². The standard InChI is InChI=1S/C57H36N4/c1-2-15-36(16-3-1)60-50-25-13-11-21-42(50)47-32-35(27-30-51(47)60)55-45-23-10-12-24-49(45)58-57(59-55)61-52-31-26-34-14-4-5-17-37(34)53(52)48-33-46-40-20-7-6-18-38(40)41-28-29-44(46)54(56(48)61)43-22-9-8-19-39(41)43/h1-27,30-33,41H,28-29H2/t41-/m1/s1. The van der Waals surface area contributed by atoms with E-state index in [2.05, 4.69) is 197 Å². The molecule has 12 aromatic rings. The monoisotopic (exact) mass is 776 g/mol. The highest BCUT2D eigenvalue weighted by molar-refractivity contribution is 6.25. The molecule has 61 heavy (non-hydrogen) atoms. The second-order valence-corrected chi connectivity index (χ2v) is 16.8. The number of nitrogens with zero attached hydrogens (tertiary/aromatic N) is 4. The van der Waals surface area contributed by atoms with Crippen molar-refractivity contribution < 1.29 is 0 Å². The van der Waals surface area contributed by atoms with Gasteiger partial charge >= 0.3 is 0 Å². The van der Waals surface area contributed by atoms with Gasteiger partial charge in [-0.25, -0.2) is 9.97 Å². The van der Waals surface area contributed by atoms with Crippen LogP contribution in [0.1, 0.15) is 29.0 Å². The Kier molecular flexibility index (Phi) is 6.70. The van der Waals surface area contributed by atoms with E-state index in [0.717, 1.165) is 46.2 Å². The Morgan fingerprint density at radius 2 is 1.15 bits per heavy atom. The molecule has 1 atom stereocenters. The summed E-state index contributed by atoms with van der Waals surface area (Å²) in [4.78, 5) is 11.2. The maximum Gasteiger partial charge on any atom is 0.235 e. The van der Waals surface area contributed by atoms with Crippen molar-refractivity contribution in [2.24, 2.45) is 0 Å². The van der Waals surface area contributed by atoms with Gasteiger partial charge < -0.3 is 4.57 Å². The molecule has 2 bridgehead atoms. The zero-order valence-corrected chi connectivity index (χ0v) is 33.2. The molecular weight excluding hydrogens is 741 g/mol. The highest BCUT2D eigenvalue weighted by Gasteiger charge is 2.34. The summed E-state index contributed by atoms with van der Waals surface area (Å²) in [7, 11) is 0. The van der Waals surface area contributed by atoms with Gasteiger partial charge in [-0.1, -0.05) is 140 Å². The largest absolute Gasteiger partial charge is 0.309 e. The molecule has 0 radical (unpaired) electrons. The molecule has 2 aliphatic carbocycles. The Hall–Kier alpha value is -7.82. The quantitative estimate of drug-likeness (QED) is 0.179. The van der Waals surface area contributed by atoms with Crippen molar-refractivity contribution in [3.05, 3.63) is 205 Å². The lowest BCUT2D eigenvalue weighted by Gasteiger charge is -2.24. The first-order chi connectivity index (χ1) is 30.3. The summed E-state index contributed by atoms with van der Waals surface area (Å²) in [6.07, 6.45) is 2.07. The van der Waals surface area contributed by atoms with Crippen molar-refractivity contribution in [2.45, 2.75) is 18.8 Å². The molecule has 0 saturated carbocycles. The molecule has 0 fully saturated rings. The molecule has 0 aliphatic heterocycles. The number of benzene rings is 9. The van der Waals surface area contributed by atoms with Crippen LogP contribution in [-0.4, -0.2) is 19.1 Å². The maximum atomic E-state index is 5.71. The van der Waals surface area contributed by atoms with E-state index in [9.17, 15) is 0 Å². The summed E-state index contributed by atoms with van der Waals surface area (Å²) in [5, 5.41) is 8.38. The first kappa shape index (κ1) is 33.1. The van der Waals surface area contributed by atoms with Crippen molar-refractivity contribution in [1.29, 1.82) is 0 Å². The van der Waals surface area contributed by atoms with Crippen LogP contribution in [-0.2, 0) is 6.42 Å². The van der Waals surface area contributed by atoms with E-state index in [0.29, 0.717) is 11.9 Å². The van der Waals surface area contributed by atoms with E-state index in [-0.39, 0.29) is 0 Å². The average Bonchev–Trinajstić information content (AvgIpc) is 3.70. The highest BCUT2D eigenvalue weighted by atomic mass is 15.2. The van der Waals surface area contributed by atoms with Crippen molar-refractivity contribution in [2.75, 3.05) is 0 Å². The molecule has 4 nitrogen and oxygen atoms in total. The molecule has 2 aliphatic rings. The van der Waals surface area contributed by atoms with Crippen LogP contribution < -0.4 is 0 Å². The Morgan fingerprint density at radius 3 is 2.03 bits per heavy atom. The fourth-order valence-electron chi connectivity index (χ4n) is 11.2. The molecule has 0 unspecified atom stereocenters. The number of aromatic nitrogens is 4. The highest BCUT2D eigenvalue weighted by Crippen LogP contribution is 2.54. The topological polar surface area (TPSA) is 35.6 Å². The molecular formula is C57H36N4. The van der Waals surface area contributed by atoms with E-state index >= 15 is 0 Å². The molecule has 14 rings (SSSR count). The van der Waals surface area contributed by atoms with Gasteiger partial charge in [0.25, 0.3) is 0 Å². The molecule has 4 heteroatoms. The van der Waals surface area contributed by atoms with Gasteiger partial charge in [0.05, 0.1) is 33.3 Å². The van der Waals surface area contributed by atoms with Gasteiger partial charge in [0.1, 0.15) is 0 Å². The predicted molar refractivity (Wildman–Crippen MR) is 252 cm³/mol. The average molecular weight is 777 g/mol. The molecule has 0 amide bonds. The van der Waals surface area contributed by atoms with Gasteiger partial charge in [-0.2, -0.15) is 0 Å². The molecule has 3 heterocycles. The first-order valence-corrected chi connectivity index (χ1v) is 21.3. The Labute approximate surface area is 351 Å². The van der Waals surface area contributed by atoms with Gasteiger partial charge in [-0.15, -0.1) is 0 Å². The summed E-state index contributed by atoms with van der Waals surface area (Å²) in [5.41, 5.74) is 18.3. The summed E-state index contributed by atoms with van der Waals surface area (Å²) in [5.74, 6) is 0.999. The van der Waals surface area contributed by atoms with Crippen LogP contribution in [0.2, 0.25) is 0 Å². The number of hydrogen-bond acceptors (Lipinski definition) is 2. The summed E-state index contributed by atoms with van der Waals surface area (Å²) < 4.78 is 4.77. The molecule has 0 N–H and O–H groups in total. The van der Waals surface area contributed by atoms with Gasteiger partial charge in [0.2, 0.25) is 5.95 Å². The Balaban J connectivity index is 1.12. The van der Waals surface area contributed by atoms with Crippen LogP contribution in [0.25, 0.3) is 110 Å². The van der Waals surface area contributed by atoms with Crippen molar-refractivity contribution in [1.82, 2.24) is 19.1 Å². The molecule has 284 valence electrons. The van der Waals surface area contributed by atoms with Gasteiger partial charge in [-0.3, -0.25) is 4.57 Å². The van der Waals surface area contributed by atoms with E-state index < -0.39 is 0 Å². The SMILES string of the molecule is c1ccc(-n2c3ccccc3c3cc(-c4nc(-n5c6ccc7ccccc7c6c6cc7c8c(c65)-c5ccccc5[C@H](CC8)c5ccccc5-7)nc5ccccc45)ccc32)cc1. The fraction of sp³-hybridized carbons (Fsp3) is 0.0526. The van der Waals surface area contributed by atoms with Crippen LogP contribution in [0, 0.1) is 0 Å². The maximum absolute atomic E-state index is 5.71. The smallest absolute Gasteiger partial charge is 0.235 e. The van der Waals surface area contributed by atoms with Crippen molar-refractivity contribution >= 4 is 65.3 Å². The predicted octanol–water partition coefficient (Wildman–Crippen LogP) is 14.4. The Bertz CT molecular complexity index is 3830. The first-order valence-electron chi connectivity index (χ1n) is 21.3. The lowest BCUT2D eigenvalue weighted by Crippen LogP contribution is -2.07. The fourth-order valence-corrected chi connectivity index (χ4v) is 11.2. The third-order valence-corrected chi connectivity index (χ3v) is 13.7. The molecule has 9 aromatic carbocycles. The zero-order valence-electron chi connectivity index (χ0n) is 33.2. The van der Waals surface area contributed by atoms with Crippen molar-refractivity contribution in [3.63, 3.8) is 0 Å². The zero-order chi connectivity index (χ0) is 39.8. The molecule has 0 saturated heterocycles. The Morgan fingerprint density at radius 1 is 0.459 bits per heavy atom. The number of rotatable bonds is 3. The number of para-hydroxylation sites is 3. The van der Waals surface area contributed by atoms with Gasteiger partial charge in [0.15, 0.2) is 0 Å². The normalized spacial score (nSPS) is 14.3. The summed E-state index contributed by atoms with van der Waals surface area (Å²) in [6, 6.07) is 68.9. The minimum atomic E-state index is 0.317. The summed E-state index contributed by atoms with van der Waals surface area (Å²) in [6.45, 7) is 0. The molecule has 3 aromatic heterocycles. The van der Waals surface area contributed by atoms with Crippen molar-refractivity contribution in [3.8, 4) is 45.1 Å². The number of hydrogen-bond donors (Lipinski definition) is 0.